The third-order valence-corrected chi connectivity index (χ3v) is 3.53. The van der Waals surface area contributed by atoms with Crippen molar-refractivity contribution in [3.05, 3.63) is 10.6 Å². The SMILES string of the molecule is Cn1c(CC2CCCCC2)n[nH]c1=S. The number of nitrogens with one attached hydrogen (secondary N) is 1. The van der Waals surface area contributed by atoms with Crippen molar-refractivity contribution in [2.24, 2.45) is 13.0 Å². The van der Waals surface area contributed by atoms with E-state index in [2.05, 4.69) is 10.2 Å². The molecule has 2 rings (SSSR count). The van der Waals surface area contributed by atoms with Crippen LogP contribution in [0.1, 0.15) is 37.9 Å². The summed E-state index contributed by atoms with van der Waals surface area (Å²) >= 11 is 5.09. The van der Waals surface area contributed by atoms with E-state index in [0.717, 1.165) is 22.9 Å². The fourth-order valence-corrected chi connectivity index (χ4v) is 2.36. The highest BCUT2D eigenvalue weighted by molar-refractivity contribution is 7.71. The maximum atomic E-state index is 5.09. The van der Waals surface area contributed by atoms with E-state index >= 15 is 0 Å². The summed E-state index contributed by atoms with van der Waals surface area (Å²) in [4.78, 5) is 0. The van der Waals surface area contributed by atoms with Gasteiger partial charge in [-0.05, 0) is 18.1 Å². The molecule has 0 bridgehead atoms. The number of aromatic nitrogens is 3. The van der Waals surface area contributed by atoms with Gasteiger partial charge in [-0.3, -0.25) is 5.10 Å². The molecule has 0 saturated heterocycles. The molecule has 0 aliphatic heterocycles. The van der Waals surface area contributed by atoms with Gasteiger partial charge in [-0.1, -0.05) is 32.1 Å². The molecule has 14 heavy (non-hydrogen) atoms. The fourth-order valence-electron chi connectivity index (χ4n) is 2.21. The van der Waals surface area contributed by atoms with Crippen molar-refractivity contribution < 1.29 is 0 Å². The molecule has 1 heterocycles. The van der Waals surface area contributed by atoms with Crippen LogP contribution in [0.15, 0.2) is 0 Å². The summed E-state index contributed by atoms with van der Waals surface area (Å²) in [5.41, 5.74) is 0. The second-order valence-corrected chi connectivity index (χ2v) is 4.60. The van der Waals surface area contributed by atoms with Gasteiger partial charge in [0.15, 0.2) is 4.77 Å². The zero-order valence-corrected chi connectivity index (χ0v) is 9.44. The fraction of sp³-hybridized carbons (Fsp3) is 0.800. The van der Waals surface area contributed by atoms with Crippen LogP contribution in [0, 0.1) is 10.7 Å². The Bertz CT molecular complexity index is 346. The van der Waals surface area contributed by atoms with Crippen molar-refractivity contribution in [1.29, 1.82) is 0 Å². The van der Waals surface area contributed by atoms with Gasteiger partial charge < -0.3 is 4.57 Å². The lowest BCUT2D eigenvalue weighted by atomic mass is 9.87. The molecule has 1 fully saturated rings. The number of hydrogen-bond acceptors (Lipinski definition) is 2. The summed E-state index contributed by atoms with van der Waals surface area (Å²) in [7, 11) is 1.99. The Balaban J connectivity index is 2.02. The van der Waals surface area contributed by atoms with E-state index in [0.29, 0.717) is 0 Å². The summed E-state index contributed by atoms with van der Waals surface area (Å²) in [5, 5.41) is 7.10. The lowest BCUT2D eigenvalue weighted by molar-refractivity contribution is 0.349. The van der Waals surface area contributed by atoms with E-state index < -0.39 is 0 Å². The van der Waals surface area contributed by atoms with Crippen LogP contribution in [0.25, 0.3) is 0 Å². The molecule has 0 amide bonds. The summed E-state index contributed by atoms with van der Waals surface area (Å²) in [5.74, 6) is 1.94. The van der Waals surface area contributed by atoms with Gasteiger partial charge in [0.2, 0.25) is 0 Å². The first-order valence-corrected chi connectivity index (χ1v) is 5.78. The second-order valence-electron chi connectivity index (χ2n) is 4.21. The molecule has 1 aromatic rings. The van der Waals surface area contributed by atoms with Gasteiger partial charge in [0.25, 0.3) is 0 Å². The van der Waals surface area contributed by atoms with Crippen molar-refractivity contribution in [1.82, 2.24) is 14.8 Å². The molecule has 1 aliphatic rings. The molecule has 0 spiro atoms. The number of H-pyrrole nitrogens is 1. The van der Waals surface area contributed by atoms with Crippen LogP contribution in [0.5, 0.6) is 0 Å². The molecule has 78 valence electrons. The number of aromatic amines is 1. The molecule has 0 aromatic carbocycles. The zero-order valence-electron chi connectivity index (χ0n) is 8.62. The van der Waals surface area contributed by atoms with Crippen molar-refractivity contribution in [3.63, 3.8) is 0 Å². The number of hydrogen-bond donors (Lipinski definition) is 1. The van der Waals surface area contributed by atoms with E-state index in [1.54, 1.807) is 0 Å². The van der Waals surface area contributed by atoms with Crippen LogP contribution < -0.4 is 0 Å². The van der Waals surface area contributed by atoms with Gasteiger partial charge in [-0.15, -0.1) is 0 Å². The smallest absolute Gasteiger partial charge is 0.194 e. The maximum Gasteiger partial charge on any atom is 0.194 e. The van der Waals surface area contributed by atoms with Gasteiger partial charge in [-0.2, -0.15) is 5.10 Å². The van der Waals surface area contributed by atoms with E-state index in [1.807, 2.05) is 11.6 Å². The van der Waals surface area contributed by atoms with Crippen LogP contribution in [0.3, 0.4) is 0 Å². The summed E-state index contributed by atoms with van der Waals surface area (Å²) in [6, 6.07) is 0. The third-order valence-electron chi connectivity index (χ3n) is 3.17. The van der Waals surface area contributed by atoms with Crippen molar-refractivity contribution in [2.45, 2.75) is 38.5 Å². The Kier molecular flexibility index (Phi) is 3.01. The van der Waals surface area contributed by atoms with Gasteiger partial charge in [0.1, 0.15) is 5.82 Å². The van der Waals surface area contributed by atoms with Crippen LogP contribution in [-0.2, 0) is 13.5 Å². The van der Waals surface area contributed by atoms with Crippen LogP contribution >= 0.6 is 12.2 Å². The first-order chi connectivity index (χ1) is 6.77. The standard InChI is InChI=1S/C10H17N3S/c1-13-9(11-12-10(13)14)7-8-5-3-2-4-6-8/h8H,2-7H2,1H3,(H,12,14). The van der Waals surface area contributed by atoms with E-state index in [9.17, 15) is 0 Å². The first kappa shape index (κ1) is 9.90. The Hall–Kier alpha value is -0.640. The van der Waals surface area contributed by atoms with Crippen LogP contribution in [0.2, 0.25) is 0 Å². The molecule has 1 saturated carbocycles. The van der Waals surface area contributed by atoms with Crippen molar-refractivity contribution in [2.75, 3.05) is 0 Å². The van der Waals surface area contributed by atoms with Gasteiger partial charge in [-0.25, -0.2) is 0 Å². The Morgan fingerprint density at radius 2 is 2.14 bits per heavy atom. The molecule has 4 heteroatoms. The highest BCUT2D eigenvalue weighted by Gasteiger charge is 2.16. The monoisotopic (exact) mass is 211 g/mol. The van der Waals surface area contributed by atoms with E-state index in [4.69, 9.17) is 12.2 Å². The molecule has 1 N–H and O–H groups in total. The highest BCUT2D eigenvalue weighted by Crippen LogP contribution is 2.26. The highest BCUT2D eigenvalue weighted by atomic mass is 32.1. The quantitative estimate of drug-likeness (QED) is 0.763. The van der Waals surface area contributed by atoms with Gasteiger partial charge in [0, 0.05) is 13.5 Å². The minimum atomic E-state index is 0.732. The largest absolute Gasteiger partial charge is 0.307 e. The minimum absolute atomic E-state index is 0.732. The van der Waals surface area contributed by atoms with E-state index in [-0.39, 0.29) is 0 Å². The lowest BCUT2D eigenvalue weighted by Gasteiger charge is -2.20. The molecule has 1 aliphatic carbocycles. The molecule has 1 aromatic heterocycles. The molecule has 3 nitrogen and oxygen atoms in total. The van der Waals surface area contributed by atoms with Crippen molar-refractivity contribution >= 4 is 12.2 Å². The number of nitrogens with zero attached hydrogens (tertiary/aromatic N) is 2. The Morgan fingerprint density at radius 3 is 2.71 bits per heavy atom. The van der Waals surface area contributed by atoms with Gasteiger partial charge >= 0.3 is 0 Å². The van der Waals surface area contributed by atoms with Gasteiger partial charge in [0.05, 0.1) is 0 Å². The minimum Gasteiger partial charge on any atom is -0.307 e. The average Bonchev–Trinajstić information content (AvgIpc) is 2.52. The van der Waals surface area contributed by atoms with Crippen LogP contribution in [-0.4, -0.2) is 14.8 Å². The summed E-state index contributed by atoms with van der Waals surface area (Å²) in [6.45, 7) is 0. The third kappa shape index (κ3) is 2.05. The Labute approximate surface area is 89.5 Å². The van der Waals surface area contributed by atoms with Crippen LogP contribution in [0.4, 0.5) is 0 Å². The second kappa shape index (κ2) is 4.26. The maximum absolute atomic E-state index is 5.09. The normalized spacial score (nSPS) is 18.6. The average molecular weight is 211 g/mol. The molecular formula is C10H17N3S. The summed E-state index contributed by atoms with van der Waals surface area (Å²) in [6.07, 6.45) is 8.00. The molecular weight excluding hydrogens is 194 g/mol. The topological polar surface area (TPSA) is 33.6 Å². The number of rotatable bonds is 2. The van der Waals surface area contributed by atoms with Crippen molar-refractivity contribution in [3.8, 4) is 0 Å². The zero-order chi connectivity index (χ0) is 9.97. The first-order valence-electron chi connectivity index (χ1n) is 5.37. The van der Waals surface area contributed by atoms with E-state index in [1.165, 1.54) is 32.1 Å². The lowest BCUT2D eigenvalue weighted by Crippen LogP contribution is -2.12. The molecule has 0 atom stereocenters. The molecule has 0 radical (unpaired) electrons. The predicted octanol–water partition coefficient (Wildman–Crippen LogP) is 2.60. The Morgan fingerprint density at radius 1 is 1.43 bits per heavy atom. The predicted molar refractivity (Wildman–Crippen MR) is 58.7 cm³/mol. The molecule has 0 unspecified atom stereocenters. The summed E-state index contributed by atoms with van der Waals surface area (Å²) < 4.78 is 2.72.